The first kappa shape index (κ1) is 36.6. The van der Waals surface area contributed by atoms with Crippen molar-refractivity contribution in [1.82, 2.24) is 9.88 Å². The number of allylic oxidation sites excluding steroid dienone is 10. The first-order chi connectivity index (χ1) is 21.7. The van der Waals surface area contributed by atoms with Crippen LogP contribution in [0.15, 0.2) is 95.9 Å². The molecular formula is C37H48N2O6. The van der Waals surface area contributed by atoms with Crippen molar-refractivity contribution >= 4 is 12.1 Å². The zero-order valence-electron chi connectivity index (χ0n) is 27.2. The zero-order valence-corrected chi connectivity index (χ0v) is 27.2. The predicted molar refractivity (Wildman–Crippen MR) is 179 cm³/mol. The molecule has 242 valence electrons. The fourth-order valence-electron chi connectivity index (χ4n) is 4.46. The minimum Gasteiger partial charge on any atom is -0.493 e. The molecular weight excluding hydrogens is 568 g/mol. The highest BCUT2D eigenvalue weighted by Gasteiger charge is 2.26. The van der Waals surface area contributed by atoms with Crippen molar-refractivity contribution < 1.29 is 28.6 Å². The highest BCUT2D eigenvalue weighted by atomic mass is 16.6. The van der Waals surface area contributed by atoms with Crippen LogP contribution >= 0.6 is 0 Å². The van der Waals surface area contributed by atoms with Crippen LogP contribution < -0.4 is 4.74 Å². The van der Waals surface area contributed by atoms with Gasteiger partial charge in [-0.25, -0.2) is 9.78 Å². The van der Waals surface area contributed by atoms with E-state index in [4.69, 9.17) is 19.0 Å². The van der Waals surface area contributed by atoms with E-state index in [9.17, 15) is 9.59 Å². The molecule has 8 heteroatoms. The number of oxazole rings is 1. The fraction of sp³-hybridized carbons (Fsp3) is 0.378. The van der Waals surface area contributed by atoms with Crippen molar-refractivity contribution in [3.8, 4) is 5.75 Å². The van der Waals surface area contributed by atoms with E-state index >= 15 is 0 Å². The van der Waals surface area contributed by atoms with Gasteiger partial charge < -0.3 is 23.9 Å². The van der Waals surface area contributed by atoms with Crippen LogP contribution in [0.1, 0.15) is 68.2 Å². The van der Waals surface area contributed by atoms with E-state index in [1.165, 1.54) is 12.0 Å². The average Bonchev–Trinajstić information content (AvgIpc) is 3.45. The number of aromatic nitrogens is 1. The Balaban J connectivity index is 0.000000399. The summed E-state index contributed by atoms with van der Waals surface area (Å²) in [5.74, 6) is 0.708. The van der Waals surface area contributed by atoms with E-state index in [1.807, 2.05) is 82.4 Å². The second-order valence-electron chi connectivity index (χ2n) is 10.6. The van der Waals surface area contributed by atoms with Gasteiger partial charge in [-0.2, -0.15) is 0 Å². The molecule has 1 amide bonds. The summed E-state index contributed by atoms with van der Waals surface area (Å²) < 4.78 is 16.5. The Kier molecular flexibility index (Phi) is 16.6. The van der Waals surface area contributed by atoms with E-state index in [2.05, 4.69) is 24.2 Å². The molecule has 0 radical (unpaired) electrons. The molecule has 2 heterocycles. The molecule has 3 rings (SSSR count). The van der Waals surface area contributed by atoms with Crippen molar-refractivity contribution in [1.29, 1.82) is 0 Å². The van der Waals surface area contributed by atoms with Gasteiger partial charge in [0.25, 0.3) is 0 Å². The van der Waals surface area contributed by atoms with Crippen LogP contribution in [0.2, 0.25) is 0 Å². The minimum absolute atomic E-state index is 0.0400. The maximum atomic E-state index is 12.3. The van der Waals surface area contributed by atoms with E-state index in [-0.39, 0.29) is 12.5 Å². The lowest BCUT2D eigenvalue weighted by Gasteiger charge is -2.31. The number of nitrogens with zero attached hydrogens (tertiary/aromatic N) is 2. The molecule has 1 aliphatic rings. The molecule has 0 spiro atoms. The Bertz CT molecular complexity index is 1400. The Labute approximate surface area is 268 Å². The third-order valence-electron chi connectivity index (χ3n) is 7.04. The van der Waals surface area contributed by atoms with Gasteiger partial charge in [0.05, 0.1) is 18.9 Å². The third-order valence-corrected chi connectivity index (χ3v) is 7.04. The lowest BCUT2D eigenvalue weighted by atomic mass is 9.92. The normalized spacial score (nSPS) is 13.1. The number of carboxylic acid groups (broad SMARTS) is 1. The van der Waals surface area contributed by atoms with Gasteiger partial charge in [0.15, 0.2) is 6.39 Å². The van der Waals surface area contributed by atoms with Crippen LogP contribution in [0, 0.1) is 6.92 Å². The molecule has 45 heavy (non-hydrogen) atoms. The van der Waals surface area contributed by atoms with Gasteiger partial charge in [0, 0.05) is 31.5 Å². The highest BCUT2D eigenvalue weighted by molar-refractivity contribution is 5.69. The number of hydrogen-bond acceptors (Lipinski definition) is 6. The highest BCUT2D eigenvalue weighted by Crippen LogP contribution is 2.32. The number of rotatable bonds is 15. The lowest BCUT2D eigenvalue weighted by molar-refractivity contribution is -0.136. The number of carboxylic acids is 1. The summed E-state index contributed by atoms with van der Waals surface area (Å²) in [7, 11) is 0. The molecule has 1 N–H and O–H groups in total. The van der Waals surface area contributed by atoms with Crippen molar-refractivity contribution in [3.63, 3.8) is 0 Å². The average molecular weight is 617 g/mol. The van der Waals surface area contributed by atoms with Gasteiger partial charge in [0.2, 0.25) is 0 Å². The summed E-state index contributed by atoms with van der Waals surface area (Å²) in [6.45, 7) is 17.3. The summed E-state index contributed by atoms with van der Waals surface area (Å²) in [5, 5.41) is 9.08. The summed E-state index contributed by atoms with van der Waals surface area (Å²) in [6.07, 6.45) is 20.5. The van der Waals surface area contributed by atoms with Crippen LogP contribution in [0.4, 0.5) is 4.79 Å². The summed E-state index contributed by atoms with van der Waals surface area (Å²) in [4.78, 5) is 29.2. The quantitative estimate of drug-likeness (QED) is 0.201. The van der Waals surface area contributed by atoms with Crippen LogP contribution in [0.3, 0.4) is 0 Å². The van der Waals surface area contributed by atoms with E-state index < -0.39 is 5.97 Å². The Morgan fingerprint density at radius 1 is 1.16 bits per heavy atom. The minimum atomic E-state index is -0.845. The second-order valence-corrected chi connectivity index (χ2v) is 10.6. The van der Waals surface area contributed by atoms with E-state index in [0.717, 1.165) is 52.3 Å². The van der Waals surface area contributed by atoms with Gasteiger partial charge in [-0.1, -0.05) is 85.9 Å². The number of carbonyl (C=O) groups is 2. The van der Waals surface area contributed by atoms with Gasteiger partial charge in [-0.3, -0.25) is 4.79 Å². The molecule has 0 aliphatic carbocycles. The Morgan fingerprint density at radius 2 is 1.96 bits per heavy atom. The molecule has 1 aromatic heterocycles. The van der Waals surface area contributed by atoms with E-state index in [0.29, 0.717) is 45.6 Å². The van der Waals surface area contributed by atoms with Crippen molar-refractivity contribution in [3.05, 3.63) is 120 Å². The van der Waals surface area contributed by atoms with Crippen molar-refractivity contribution in [2.75, 3.05) is 19.8 Å². The Hall–Kier alpha value is -4.59. The summed E-state index contributed by atoms with van der Waals surface area (Å²) in [5.41, 5.74) is 6.07. The first-order valence-electron chi connectivity index (χ1n) is 15.4. The predicted octanol–water partition coefficient (Wildman–Crippen LogP) is 8.28. The molecule has 0 atom stereocenters. The first-order valence-corrected chi connectivity index (χ1v) is 15.4. The van der Waals surface area contributed by atoms with Crippen LogP contribution in [-0.4, -0.2) is 46.8 Å². The molecule has 2 aromatic rings. The van der Waals surface area contributed by atoms with Gasteiger partial charge in [-0.15, -0.1) is 0 Å². The number of aliphatic carboxylic acids is 1. The molecule has 0 saturated heterocycles. The molecule has 0 bridgehead atoms. The van der Waals surface area contributed by atoms with Crippen LogP contribution in [-0.2, 0) is 35.3 Å². The summed E-state index contributed by atoms with van der Waals surface area (Å²) in [6, 6.07) is 3.80. The van der Waals surface area contributed by atoms with Crippen molar-refractivity contribution in [2.24, 2.45) is 0 Å². The van der Waals surface area contributed by atoms with Gasteiger partial charge >= 0.3 is 12.1 Å². The number of hydrogen-bond donors (Lipinski definition) is 1. The Morgan fingerprint density at radius 3 is 2.62 bits per heavy atom. The number of fused-ring (bicyclic) bond motifs is 1. The van der Waals surface area contributed by atoms with Gasteiger partial charge in [-0.05, 0) is 63.6 Å². The second kappa shape index (κ2) is 20.4. The third kappa shape index (κ3) is 13.3. The number of benzene rings is 1. The number of ether oxygens (including phenoxy) is 2. The van der Waals surface area contributed by atoms with Crippen LogP contribution in [0.25, 0.3) is 0 Å². The maximum absolute atomic E-state index is 12.3. The zero-order chi connectivity index (χ0) is 33.0. The SMILES string of the molecule is C=C/C(C)=C\C=C/CC(=C)/C=C\C=C/C.CCCOC(=O)N1CCc2c(OCCc3ncoc3C)ccc(CCC(=O)O)c2C1. The topological polar surface area (TPSA) is 102 Å². The number of carbonyl (C=O) groups excluding carboxylic acids is 1. The van der Waals surface area contributed by atoms with Crippen molar-refractivity contribution in [2.45, 2.75) is 72.8 Å². The molecule has 1 aromatic carbocycles. The molecule has 1 aliphatic heterocycles. The number of amides is 1. The standard InChI is InChI=1S/C22H28N2O6.C15H20/c1-3-11-29-22(27)24-10-8-17-18(13-24)16(5-7-21(25)26)4-6-20(17)28-12-9-19-15(2)30-14-23-19;1-5-7-8-12-15(4)13-10-9-11-14(3)6-2/h4,6,14H,3,5,7-13H2,1-2H3,(H,25,26);5-12H,2,4,13H2,1,3H3/b;7-5-,10-9-,12-8-,14-11-. The van der Waals surface area contributed by atoms with Crippen LogP contribution in [0.5, 0.6) is 5.75 Å². The maximum Gasteiger partial charge on any atom is 0.410 e. The smallest absolute Gasteiger partial charge is 0.410 e. The van der Waals surface area contributed by atoms with E-state index in [1.54, 1.807) is 4.90 Å². The molecule has 0 fully saturated rings. The largest absolute Gasteiger partial charge is 0.493 e. The lowest BCUT2D eigenvalue weighted by Crippen LogP contribution is -2.37. The molecule has 8 nitrogen and oxygen atoms in total. The summed E-state index contributed by atoms with van der Waals surface area (Å²) >= 11 is 0. The fourth-order valence-corrected chi connectivity index (χ4v) is 4.46. The molecule has 0 saturated carbocycles. The monoisotopic (exact) mass is 616 g/mol. The van der Waals surface area contributed by atoms with Gasteiger partial charge in [0.1, 0.15) is 11.5 Å². The number of aryl methyl sites for hydroxylation is 2. The molecule has 0 unspecified atom stereocenters.